The largest absolute Gasteiger partial charge is 0.465 e. The Bertz CT molecular complexity index is 202. The van der Waals surface area contributed by atoms with Crippen LogP contribution in [-0.2, 0) is 14.3 Å². The van der Waals surface area contributed by atoms with Gasteiger partial charge in [0.05, 0.1) is 13.2 Å². The van der Waals surface area contributed by atoms with Gasteiger partial charge in [-0.25, -0.2) is 0 Å². The van der Waals surface area contributed by atoms with Crippen molar-refractivity contribution in [2.75, 3.05) is 38.9 Å². The number of methoxy groups -OCH3 is 1. The molecule has 0 bridgehead atoms. The number of nitrogens with one attached hydrogen (secondary N) is 1. The van der Waals surface area contributed by atoms with Crippen molar-refractivity contribution in [3.8, 4) is 0 Å². The Labute approximate surface area is 102 Å². The van der Waals surface area contributed by atoms with E-state index in [1.807, 2.05) is 13.8 Å². The fourth-order valence-corrected chi connectivity index (χ4v) is 2.18. The monoisotopic (exact) mass is 249 g/mol. The quantitative estimate of drug-likeness (QED) is 0.493. The van der Waals surface area contributed by atoms with Crippen LogP contribution in [0.3, 0.4) is 0 Å². The Morgan fingerprint density at radius 1 is 1.44 bits per heavy atom. The van der Waals surface area contributed by atoms with Crippen molar-refractivity contribution in [2.24, 2.45) is 0 Å². The molecule has 1 atom stereocenters. The van der Waals surface area contributed by atoms with Crippen LogP contribution in [0.15, 0.2) is 0 Å². The molecule has 0 spiro atoms. The molecule has 0 amide bonds. The third kappa shape index (κ3) is 5.72. The maximum atomic E-state index is 11.7. The molecule has 1 N–H and O–H groups in total. The second-order valence-corrected chi connectivity index (χ2v) is 4.88. The van der Waals surface area contributed by atoms with Crippen molar-refractivity contribution < 1.29 is 14.3 Å². The Morgan fingerprint density at radius 3 is 2.62 bits per heavy atom. The summed E-state index contributed by atoms with van der Waals surface area (Å²) in [6.07, 6.45) is 0.761. The molecule has 5 heteroatoms. The molecule has 0 aromatic carbocycles. The summed E-state index contributed by atoms with van der Waals surface area (Å²) in [5, 5.41) is 3.03. The smallest absolute Gasteiger partial charge is 0.326 e. The molecule has 0 aliphatic rings. The van der Waals surface area contributed by atoms with Gasteiger partial charge < -0.3 is 14.8 Å². The van der Waals surface area contributed by atoms with E-state index in [0.29, 0.717) is 6.61 Å². The van der Waals surface area contributed by atoms with Crippen LogP contribution in [0.2, 0.25) is 0 Å². The van der Waals surface area contributed by atoms with Crippen LogP contribution in [0.1, 0.15) is 20.3 Å². The minimum atomic E-state index is -0.573. The summed E-state index contributed by atoms with van der Waals surface area (Å²) in [6.45, 7) is 4.87. The molecule has 0 aliphatic heterocycles. The Hall–Kier alpha value is -0.260. The predicted molar refractivity (Wildman–Crippen MR) is 67.9 cm³/mol. The van der Waals surface area contributed by atoms with Gasteiger partial charge in [-0.15, -0.1) is 0 Å². The molecule has 96 valence electrons. The van der Waals surface area contributed by atoms with Gasteiger partial charge in [-0.05, 0) is 33.1 Å². The molecule has 0 aliphatic carbocycles. The SMILES string of the molecule is CCOC(=O)C(C)(CCSCCOC)NC. The first kappa shape index (κ1) is 15.7. The summed E-state index contributed by atoms with van der Waals surface area (Å²) in [7, 11) is 3.48. The van der Waals surface area contributed by atoms with E-state index in [1.54, 1.807) is 25.9 Å². The highest BCUT2D eigenvalue weighted by atomic mass is 32.2. The van der Waals surface area contributed by atoms with Crippen LogP contribution in [0, 0.1) is 0 Å². The van der Waals surface area contributed by atoms with Crippen LogP contribution in [0.25, 0.3) is 0 Å². The molecule has 16 heavy (non-hydrogen) atoms. The molecular weight excluding hydrogens is 226 g/mol. The number of ether oxygens (including phenoxy) is 2. The molecule has 4 nitrogen and oxygen atoms in total. The minimum absolute atomic E-state index is 0.176. The van der Waals surface area contributed by atoms with Crippen molar-refractivity contribution in [1.82, 2.24) is 5.32 Å². The number of likely N-dealkylation sites (N-methyl/N-ethyl adjacent to an activating group) is 1. The average molecular weight is 249 g/mol. The maximum Gasteiger partial charge on any atom is 0.326 e. The number of thioether (sulfide) groups is 1. The molecular formula is C11H23NO3S. The van der Waals surface area contributed by atoms with Crippen molar-refractivity contribution in [2.45, 2.75) is 25.8 Å². The topological polar surface area (TPSA) is 47.6 Å². The van der Waals surface area contributed by atoms with Crippen LogP contribution in [0.4, 0.5) is 0 Å². The second kappa shape index (κ2) is 8.84. The lowest BCUT2D eigenvalue weighted by Crippen LogP contribution is -2.49. The van der Waals surface area contributed by atoms with E-state index in [4.69, 9.17) is 9.47 Å². The Kier molecular flexibility index (Phi) is 8.70. The molecule has 0 radical (unpaired) electrons. The van der Waals surface area contributed by atoms with Gasteiger partial charge in [0.25, 0.3) is 0 Å². The highest BCUT2D eigenvalue weighted by Gasteiger charge is 2.32. The van der Waals surface area contributed by atoms with E-state index < -0.39 is 5.54 Å². The van der Waals surface area contributed by atoms with Crippen molar-refractivity contribution in [3.63, 3.8) is 0 Å². The molecule has 0 saturated carbocycles. The maximum absolute atomic E-state index is 11.7. The van der Waals surface area contributed by atoms with Gasteiger partial charge in [0.1, 0.15) is 5.54 Å². The van der Waals surface area contributed by atoms with Gasteiger partial charge in [0.15, 0.2) is 0 Å². The first-order valence-corrected chi connectivity index (χ1v) is 6.69. The van der Waals surface area contributed by atoms with E-state index in [1.165, 1.54) is 0 Å². The van der Waals surface area contributed by atoms with Gasteiger partial charge >= 0.3 is 5.97 Å². The first-order valence-electron chi connectivity index (χ1n) is 5.53. The first-order chi connectivity index (χ1) is 7.60. The summed E-state index contributed by atoms with van der Waals surface area (Å²) >= 11 is 1.78. The van der Waals surface area contributed by atoms with E-state index in [-0.39, 0.29) is 5.97 Å². The highest BCUT2D eigenvalue weighted by molar-refractivity contribution is 7.99. The zero-order chi connectivity index (χ0) is 12.4. The van der Waals surface area contributed by atoms with Crippen molar-refractivity contribution in [3.05, 3.63) is 0 Å². The second-order valence-electron chi connectivity index (χ2n) is 3.66. The van der Waals surface area contributed by atoms with Crippen LogP contribution >= 0.6 is 11.8 Å². The Balaban J connectivity index is 3.92. The summed E-state index contributed by atoms with van der Waals surface area (Å²) in [5.41, 5.74) is -0.573. The van der Waals surface area contributed by atoms with Crippen LogP contribution < -0.4 is 5.32 Å². The summed E-state index contributed by atoms with van der Waals surface area (Å²) in [4.78, 5) is 11.7. The normalized spacial score (nSPS) is 14.5. The number of hydrogen-bond donors (Lipinski definition) is 1. The lowest BCUT2D eigenvalue weighted by atomic mass is 10.00. The van der Waals surface area contributed by atoms with Gasteiger partial charge in [-0.3, -0.25) is 4.79 Å². The predicted octanol–water partition coefficient (Wildman–Crippen LogP) is 1.30. The standard InChI is InChI=1S/C11H23NO3S/c1-5-15-10(13)11(2,12-3)6-8-16-9-7-14-4/h12H,5-9H2,1-4H3. The molecule has 0 fully saturated rings. The zero-order valence-corrected chi connectivity index (χ0v) is 11.5. The summed E-state index contributed by atoms with van der Waals surface area (Å²) in [5.74, 6) is 1.70. The number of carbonyl (C=O) groups excluding carboxylic acids is 1. The molecule has 0 aromatic rings. The third-order valence-corrected chi connectivity index (χ3v) is 3.40. The van der Waals surface area contributed by atoms with Gasteiger partial charge in [-0.2, -0.15) is 11.8 Å². The van der Waals surface area contributed by atoms with Gasteiger partial charge in [0.2, 0.25) is 0 Å². The van der Waals surface area contributed by atoms with Gasteiger partial charge in [-0.1, -0.05) is 0 Å². The fourth-order valence-electron chi connectivity index (χ4n) is 1.14. The number of esters is 1. The van der Waals surface area contributed by atoms with Crippen LogP contribution in [0.5, 0.6) is 0 Å². The lowest BCUT2D eigenvalue weighted by Gasteiger charge is -2.26. The highest BCUT2D eigenvalue weighted by Crippen LogP contribution is 2.15. The molecule has 1 unspecified atom stereocenters. The van der Waals surface area contributed by atoms with Gasteiger partial charge in [0, 0.05) is 12.9 Å². The molecule has 0 heterocycles. The number of rotatable bonds is 9. The number of hydrogen-bond acceptors (Lipinski definition) is 5. The fraction of sp³-hybridized carbons (Fsp3) is 0.909. The zero-order valence-electron chi connectivity index (χ0n) is 10.7. The van der Waals surface area contributed by atoms with Crippen molar-refractivity contribution >= 4 is 17.7 Å². The van der Waals surface area contributed by atoms with E-state index in [9.17, 15) is 4.79 Å². The molecule has 0 aromatic heterocycles. The molecule has 0 rings (SSSR count). The van der Waals surface area contributed by atoms with E-state index in [2.05, 4.69) is 5.32 Å². The lowest BCUT2D eigenvalue weighted by molar-refractivity contribution is -0.150. The third-order valence-electron chi connectivity index (χ3n) is 2.46. The van der Waals surface area contributed by atoms with E-state index in [0.717, 1.165) is 24.5 Å². The number of carbonyl (C=O) groups is 1. The molecule has 0 saturated heterocycles. The van der Waals surface area contributed by atoms with Crippen molar-refractivity contribution in [1.29, 1.82) is 0 Å². The summed E-state index contributed by atoms with van der Waals surface area (Å²) in [6, 6.07) is 0. The van der Waals surface area contributed by atoms with E-state index >= 15 is 0 Å². The Morgan fingerprint density at radius 2 is 2.12 bits per heavy atom. The minimum Gasteiger partial charge on any atom is -0.465 e. The summed E-state index contributed by atoms with van der Waals surface area (Å²) < 4.78 is 10.00. The average Bonchev–Trinajstić information content (AvgIpc) is 2.28. The van der Waals surface area contributed by atoms with Crippen LogP contribution in [-0.4, -0.2) is 50.4 Å².